The third-order valence-corrected chi connectivity index (χ3v) is 1.78. The molecule has 0 saturated heterocycles. The highest BCUT2D eigenvalue weighted by atomic mass is 19.1. The fraction of sp³-hybridized carbons (Fsp3) is 0.267. The number of halogens is 1. The summed E-state index contributed by atoms with van der Waals surface area (Å²) in [6.07, 6.45) is 6.07. The molecule has 0 aromatic carbocycles. The summed E-state index contributed by atoms with van der Waals surface area (Å²) >= 11 is 0. The van der Waals surface area contributed by atoms with E-state index in [0.29, 0.717) is 16.7 Å². The van der Waals surface area contributed by atoms with E-state index in [9.17, 15) is 4.39 Å². The number of hydrogen-bond acceptors (Lipinski definition) is 1. The summed E-state index contributed by atoms with van der Waals surface area (Å²) in [6, 6.07) is 1.87. The maximum atomic E-state index is 13.3. The van der Waals surface area contributed by atoms with Crippen molar-refractivity contribution in [3.8, 4) is 6.07 Å². The van der Waals surface area contributed by atoms with Gasteiger partial charge in [0.1, 0.15) is 5.83 Å². The molecule has 0 aliphatic heterocycles. The fourth-order valence-electron chi connectivity index (χ4n) is 0.788. The Labute approximate surface area is 104 Å². The van der Waals surface area contributed by atoms with Gasteiger partial charge in [-0.2, -0.15) is 5.26 Å². The van der Waals surface area contributed by atoms with Crippen molar-refractivity contribution >= 4 is 0 Å². The van der Waals surface area contributed by atoms with Crippen LogP contribution in [0.4, 0.5) is 4.39 Å². The molecule has 0 N–H and O–H groups in total. The zero-order valence-corrected chi connectivity index (χ0v) is 11.0. The Bertz CT molecular complexity index is 390. The zero-order chi connectivity index (χ0) is 13.8. The van der Waals surface area contributed by atoms with E-state index in [-0.39, 0.29) is 5.83 Å². The SMILES string of the molecule is C=C(C#N)/C=C\C(=C)/C(C)=C(F)/C=C\C.CC. The van der Waals surface area contributed by atoms with E-state index in [1.165, 1.54) is 12.2 Å². The van der Waals surface area contributed by atoms with Crippen molar-refractivity contribution in [1.29, 1.82) is 5.26 Å². The Morgan fingerprint density at radius 1 is 1.18 bits per heavy atom. The van der Waals surface area contributed by atoms with Crippen LogP contribution in [-0.2, 0) is 0 Å². The third-order valence-electron chi connectivity index (χ3n) is 1.78. The predicted octanol–water partition coefficient (Wildman–Crippen LogP) is 5.02. The highest BCUT2D eigenvalue weighted by Crippen LogP contribution is 2.16. The van der Waals surface area contributed by atoms with Crippen molar-refractivity contribution in [2.75, 3.05) is 0 Å². The molecule has 0 spiro atoms. The Morgan fingerprint density at radius 3 is 2.12 bits per heavy atom. The van der Waals surface area contributed by atoms with Crippen LogP contribution in [0.1, 0.15) is 27.7 Å². The Hall–Kier alpha value is -1.88. The number of hydrogen-bond donors (Lipinski definition) is 0. The van der Waals surface area contributed by atoms with E-state index < -0.39 is 0 Å². The smallest absolute Gasteiger partial charge is 0.126 e. The molecule has 0 amide bonds. The second-order valence-corrected chi connectivity index (χ2v) is 2.97. The van der Waals surface area contributed by atoms with Crippen LogP contribution in [0.15, 0.2) is 60.0 Å². The summed E-state index contributed by atoms with van der Waals surface area (Å²) < 4.78 is 13.3. The van der Waals surface area contributed by atoms with Crippen molar-refractivity contribution in [1.82, 2.24) is 0 Å². The lowest BCUT2D eigenvalue weighted by Crippen LogP contribution is -1.82. The molecule has 0 aromatic rings. The Kier molecular flexibility index (Phi) is 11.0. The van der Waals surface area contributed by atoms with Crippen molar-refractivity contribution < 1.29 is 4.39 Å². The first-order chi connectivity index (χ1) is 8.02. The van der Waals surface area contributed by atoms with Gasteiger partial charge < -0.3 is 0 Å². The van der Waals surface area contributed by atoms with Gasteiger partial charge in [0.25, 0.3) is 0 Å². The van der Waals surface area contributed by atoms with Gasteiger partial charge in [0.15, 0.2) is 0 Å². The van der Waals surface area contributed by atoms with E-state index in [1.807, 2.05) is 19.9 Å². The molecule has 0 atom stereocenters. The molecular weight excluding hydrogens is 213 g/mol. The minimum absolute atomic E-state index is 0.315. The van der Waals surface area contributed by atoms with Crippen LogP contribution >= 0.6 is 0 Å². The second-order valence-electron chi connectivity index (χ2n) is 2.97. The molecule has 0 aromatic heterocycles. The summed E-state index contributed by atoms with van der Waals surface area (Å²) in [5.74, 6) is -0.324. The number of rotatable bonds is 4. The topological polar surface area (TPSA) is 23.8 Å². The summed E-state index contributed by atoms with van der Waals surface area (Å²) in [5.41, 5.74) is 1.30. The average molecular weight is 233 g/mol. The van der Waals surface area contributed by atoms with Gasteiger partial charge in [-0.15, -0.1) is 0 Å². The quantitative estimate of drug-likeness (QED) is 0.494. The van der Waals surface area contributed by atoms with Gasteiger partial charge in [0.2, 0.25) is 0 Å². The van der Waals surface area contributed by atoms with Crippen molar-refractivity contribution in [3.05, 3.63) is 60.0 Å². The van der Waals surface area contributed by atoms with Crippen LogP contribution in [-0.4, -0.2) is 0 Å². The lowest BCUT2D eigenvalue weighted by Gasteiger charge is -2.00. The van der Waals surface area contributed by atoms with Gasteiger partial charge in [0.05, 0.1) is 6.07 Å². The fourth-order valence-corrected chi connectivity index (χ4v) is 0.788. The van der Waals surface area contributed by atoms with Crippen LogP contribution in [0.25, 0.3) is 0 Å². The molecular formula is C15H20FN. The van der Waals surface area contributed by atoms with E-state index in [2.05, 4.69) is 13.2 Å². The lowest BCUT2D eigenvalue weighted by atomic mass is 10.1. The van der Waals surface area contributed by atoms with Gasteiger partial charge in [-0.3, -0.25) is 0 Å². The van der Waals surface area contributed by atoms with Crippen LogP contribution < -0.4 is 0 Å². The molecule has 1 nitrogen and oxygen atoms in total. The largest absolute Gasteiger partial charge is 0.207 e. The summed E-state index contributed by atoms with van der Waals surface area (Å²) in [6.45, 7) is 14.5. The van der Waals surface area contributed by atoms with Crippen LogP contribution in [0.2, 0.25) is 0 Å². The maximum Gasteiger partial charge on any atom is 0.126 e. The molecule has 0 heterocycles. The molecule has 0 aliphatic rings. The van der Waals surface area contributed by atoms with E-state index in [0.717, 1.165) is 0 Å². The molecule has 2 heteroatoms. The first-order valence-corrected chi connectivity index (χ1v) is 5.48. The van der Waals surface area contributed by atoms with Gasteiger partial charge in [0, 0.05) is 5.57 Å². The number of allylic oxidation sites excluding steroid dienone is 8. The van der Waals surface area contributed by atoms with Crippen molar-refractivity contribution in [3.63, 3.8) is 0 Å². The molecule has 0 radical (unpaired) electrons. The summed E-state index contributed by atoms with van der Waals surface area (Å²) in [5, 5.41) is 8.45. The summed E-state index contributed by atoms with van der Waals surface area (Å²) in [7, 11) is 0. The molecule has 0 fully saturated rings. The molecule has 92 valence electrons. The van der Waals surface area contributed by atoms with Crippen LogP contribution in [0, 0.1) is 11.3 Å². The normalized spacial score (nSPS) is 11.5. The molecule has 17 heavy (non-hydrogen) atoms. The van der Waals surface area contributed by atoms with Crippen LogP contribution in [0.5, 0.6) is 0 Å². The minimum atomic E-state index is -0.324. The lowest BCUT2D eigenvalue weighted by molar-refractivity contribution is 0.656. The second kappa shape index (κ2) is 10.6. The molecule has 0 rings (SSSR count). The zero-order valence-electron chi connectivity index (χ0n) is 11.0. The third kappa shape index (κ3) is 7.98. The highest BCUT2D eigenvalue weighted by molar-refractivity contribution is 5.44. The van der Waals surface area contributed by atoms with Crippen molar-refractivity contribution in [2.24, 2.45) is 0 Å². The molecule has 0 aliphatic carbocycles. The molecule has 0 unspecified atom stereocenters. The molecule has 0 saturated carbocycles. The van der Waals surface area contributed by atoms with Crippen LogP contribution in [0.3, 0.4) is 0 Å². The first kappa shape index (κ1) is 17.5. The standard InChI is InChI=1S/C13H14FN.C2H6/c1-5-6-13(14)12(4)11(3)8-7-10(2)9-15;1-2/h5-8H,2-3H2,1,4H3;1-2H3/b6-5-,8-7-,13-12-;. The maximum absolute atomic E-state index is 13.3. The first-order valence-electron chi connectivity index (χ1n) is 5.48. The van der Waals surface area contributed by atoms with E-state index in [1.54, 1.807) is 26.0 Å². The average Bonchev–Trinajstić information content (AvgIpc) is 2.37. The predicted molar refractivity (Wildman–Crippen MR) is 73.0 cm³/mol. The summed E-state index contributed by atoms with van der Waals surface area (Å²) in [4.78, 5) is 0. The van der Waals surface area contributed by atoms with Gasteiger partial charge in [-0.1, -0.05) is 39.2 Å². The van der Waals surface area contributed by atoms with E-state index in [4.69, 9.17) is 5.26 Å². The molecule has 0 bridgehead atoms. The number of nitrogens with zero attached hydrogens (tertiary/aromatic N) is 1. The monoisotopic (exact) mass is 233 g/mol. The minimum Gasteiger partial charge on any atom is -0.207 e. The Morgan fingerprint density at radius 2 is 1.71 bits per heavy atom. The number of nitriles is 1. The van der Waals surface area contributed by atoms with E-state index >= 15 is 0 Å². The van der Waals surface area contributed by atoms with Gasteiger partial charge in [-0.25, -0.2) is 4.39 Å². The Balaban J connectivity index is 0. The van der Waals surface area contributed by atoms with Gasteiger partial charge in [-0.05, 0) is 37.1 Å². The van der Waals surface area contributed by atoms with Crippen molar-refractivity contribution in [2.45, 2.75) is 27.7 Å². The highest BCUT2D eigenvalue weighted by Gasteiger charge is 1.99. The van der Waals surface area contributed by atoms with Gasteiger partial charge >= 0.3 is 0 Å².